The van der Waals surface area contributed by atoms with Crippen LogP contribution in [0.15, 0.2) is 48.5 Å². The summed E-state index contributed by atoms with van der Waals surface area (Å²) in [5.74, 6) is -0.136. The molecule has 1 fully saturated rings. The van der Waals surface area contributed by atoms with Crippen molar-refractivity contribution in [2.24, 2.45) is 5.92 Å². The van der Waals surface area contributed by atoms with Gasteiger partial charge in [0.15, 0.2) is 0 Å². The molecule has 1 N–H and O–H groups in total. The summed E-state index contributed by atoms with van der Waals surface area (Å²) >= 11 is 11.8. The average Bonchev–Trinajstić information content (AvgIpc) is 3.13. The molecule has 5 heteroatoms. The van der Waals surface area contributed by atoms with E-state index >= 15 is 0 Å². The van der Waals surface area contributed by atoms with E-state index in [9.17, 15) is 9.90 Å². The summed E-state index contributed by atoms with van der Waals surface area (Å²) in [6.07, 6.45) is 0.656. The second-order valence-corrected chi connectivity index (χ2v) is 6.93. The number of alkyl halides is 2. The van der Waals surface area contributed by atoms with Gasteiger partial charge in [-0.05, 0) is 41.8 Å². The molecule has 22 heavy (non-hydrogen) atoms. The highest BCUT2D eigenvalue weighted by atomic mass is 35.5. The van der Waals surface area contributed by atoms with Gasteiger partial charge in [0.2, 0.25) is 0 Å². The van der Waals surface area contributed by atoms with Crippen molar-refractivity contribution in [3.8, 4) is 16.9 Å². The molecular formula is C17H14Cl2O3. The molecule has 3 nitrogen and oxygen atoms in total. The number of halogens is 2. The fourth-order valence-electron chi connectivity index (χ4n) is 2.16. The first kappa shape index (κ1) is 15.2. The number of hydrogen-bond acceptors (Lipinski definition) is 3. The van der Waals surface area contributed by atoms with E-state index in [1.807, 2.05) is 24.3 Å². The predicted molar refractivity (Wildman–Crippen MR) is 86.4 cm³/mol. The minimum absolute atomic E-state index is 0.0241. The molecule has 3 rings (SSSR count). The zero-order valence-electron chi connectivity index (χ0n) is 11.6. The monoisotopic (exact) mass is 336 g/mol. The lowest BCUT2D eigenvalue weighted by Gasteiger charge is -2.06. The fourth-order valence-corrected chi connectivity index (χ4v) is 2.66. The van der Waals surface area contributed by atoms with Crippen molar-refractivity contribution >= 4 is 29.2 Å². The average molecular weight is 337 g/mol. The maximum atomic E-state index is 11.9. The van der Waals surface area contributed by atoms with Crippen LogP contribution in [0, 0.1) is 5.92 Å². The number of hydrogen-bond donors (Lipinski definition) is 1. The van der Waals surface area contributed by atoms with Gasteiger partial charge in [-0.1, -0.05) is 24.3 Å². The number of rotatable bonds is 4. The molecule has 1 aliphatic carbocycles. The first-order valence-electron chi connectivity index (χ1n) is 6.90. The molecule has 0 aromatic heterocycles. The van der Waals surface area contributed by atoms with Crippen LogP contribution < -0.4 is 0 Å². The van der Waals surface area contributed by atoms with E-state index in [2.05, 4.69) is 0 Å². The first-order chi connectivity index (χ1) is 10.5. The minimum Gasteiger partial charge on any atom is -0.508 e. The van der Waals surface area contributed by atoms with Gasteiger partial charge in [0.05, 0.1) is 12.2 Å². The van der Waals surface area contributed by atoms with Gasteiger partial charge in [0, 0.05) is 5.92 Å². The zero-order valence-corrected chi connectivity index (χ0v) is 13.1. The molecule has 0 aliphatic heterocycles. The third-order valence-corrected chi connectivity index (χ3v) is 4.62. The molecule has 1 unspecified atom stereocenters. The van der Waals surface area contributed by atoms with Gasteiger partial charge in [0.1, 0.15) is 10.1 Å². The predicted octanol–water partition coefficient (Wildman–Crippen LogP) is 4.41. The Kier molecular flexibility index (Phi) is 4.02. The Bertz CT molecular complexity index is 678. The zero-order chi connectivity index (χ0) is 15.7. The summed E-state index contributed by atoms with van der Waals surface area (Å²) in [5, 5.41) is 9.29. The number of phenolic OH excluding ortho intramolecular Hbond substituents is 1. The van der Waals surface area contributed by atoms with Crippen LogP contribution in [0.1, 0.15) is 16.8 Å². The Morgan fingerprint density at radius 2 is 1.59 bits per heavy atom. The van der Waals surface area contributed by atoms with Gasteiger partial charge in [-0.2, -0.15) is 0 Å². The van der Waals surface area contributed by atoms with Gasteiger partial charge in [-0.3, -0.25) is 0 Å². The lowest BCUT2D eigenvalue weighted by molar-refractivity contribution is 0.0485. The topological polar surface area (TPSA) is 46.5 Å². The molecule has 0 radical (unpaired) electrons. The van der Waals surface area contributed by atoms with Crippen molar-refractivity contribution in [2.75, 3.05) is 6.61 Å². The lowest BCUT2D eigenvalue weighted by atomic mass is 10.0. The maximum absolute atomic E-state index is 11.9. The number of benzene rings is 2. The molecule has 0 saturated heterocycles. The molecule has 1 aliphatic rings. The van der Waals surface area contributed by atoms with E-state index in [0.717, 1.165) is 11.1 Å². The number of phenols is 1. The van der Waals surface area contributed by atoms with E-state index in [0.29, 0.717) is 12.0 Å². The van der Waals surface area contributed by atoms with E-state index in [1.54, 1.807) is 24.3 Å². The molecule has 2 aromatic carbocycles. The second kappa shape index (κ2) is 5.82. The molecule has 2 aromatic rings. The molecule has 0 spiro atoms. The highest BCUT2D eigenvalue weighted by Gasteiger charge is 2.52. The molecule has 1 atom stereocenters. The summed E-state index contributed by atoms with van der Waals surface area (Å²) in [6, 6.07) is 14.0. The highest BCUT2D eigenvalue weighted by Crippen LogP contribution is 2.53. The van der Waals surface area contributed by atoms with Crippen molar-refractivity contribution in [3.63, 3.8) is 0 Å². The van der Waals surface area contributed by atoms with Gasteiger partial charge in [-0.15, -0.1) is 23.2 Å². The standard InChI is InChI=1S/C17H14Cl2O3/c18-17(19)9-14(17)10-22-16(21)13-3-1-11(2-4-13)12-5-7-15(20)8-6-12/h1-8,14,20H,9-10H2. The lowest BCUT2D eigenvalue weighted by Crippen LogP contribution is -2.09. The van der Waals surface area contributed by atoms with E-state index in [1.165, 1.54) is 0 Å². The van der Waals surface area contributed by atoms with Crippen LogP contribution in [0.2, 0.25) is 0 Å². The Labute approximate surface area is 138 Å². The van der Waals surface area contributed by atoms with Gasteiger partial charge in [0.25, 0.3) is 0 Å². The van der Waals surface area contributed by atoms with E-state index < -0.39 is 4.33 Å². The molecule has 0 heterocycles. The summed E-state index contributed by atoms with van der Waals surface area (Å²) in [7, 11) is 0. The van der Waals surface area contributed by atoms with Crippen molar-refractivity contribution in [1.29, 1.82) is 0 Å². The SMILES string of the molecule is O=C(OCC1CC1(Cl)Cl)c1ccc(-c2ccc(O)cc2)cc1. The van der Waals surface area contributed by atoms with Gasteiger partial charge >= 0.3 is 5.97 Å². The summed E-state index contributed by atoms with van der Waals surface area (Å²) in [4.78, 5) is 11.9. The van der Waals surface area contributed by atoms with Crippen LogP contribution in [-0.2, 0) is 4.74 Å². The number of aromatic hydroxyl groups is 1. The quantitative estimate of drug-likeness (QED) is 0.664. The van der Waals surface area contributed by atoms with Crippen LogP contribution in [0.25, 0.3) is 11.1 Å². The van der Waals surface area contributed by atoms with E-state index in [-0.39, 0.29) is 24.2 Å². The third kappa shape index (κ3) is 3.37. The minimum atomic E-state index is -0.733. The first-order valence-corrected chi connectivity index (χ1v) is 7.66. The largest absolute Gasteiger partial charge is 0.508 e. The van der Waals surface area contributed by atoms with Crippen LogP contribution in [0.4, 0.5) is 0 Å². The smallest absolute Gasteiger partial charge is 0.338 e. The molecule has 0 amide bonds. The van der Waals surface area contributed by atoms with E-state index in [4.69, 9.17) is 27.9 Å². The number of ether oxygens (including phenoxy) is 1. The number of carbonyl (C=O) groups excluding carboxylic acids is 1. The van der Waals surface area contributed by atoms with Gasteiger partial charge < -0.3 is 9.84 Å². The maximum Gasteiger partial charge on any atom is 0.338 e. The highest BCUT2D eigenvalue weighted by molar-refractivity contribution is 6.50. The molecule has 0 bridgehead atoms. The van der Waals surface area contributed by atoms with Crippen molar-refractivity contribution in [1.82, 2.24) is 0 Å². The van der Waals surface area contributed by atoms with Crippen LogP contribution >= 0.6 is 23.2 Å². The van der Waals surface area contributed by atoms with Crippen molar-refractivity contribution < 1.29 is 14.6 Å². The number of esters is 1. The van der Waals surface area contributed by atoms with Gasteiger partial charge in [-0.25, -0.2) is 4.79 Å². The van der Waals surface area contributed by atoms with Crippen molar-refractivity contribution in [2.45, 2.75) is 10.8 Å². The molecular weight excluding hydrogens is 323 g/mol. The summed E-state index contributed by atoms with van der Waals surface area (Å²) in [5.41, 5.74) is 2.40. The fraction of sp³-hybridized carbons (Fsp3) is 0.235. The second-order valence-electron chi connectivity index (χ2n) is 5.38. The van der Waals surface area contributed by atoms with Crippen molar-refractivity contribution in [3.05, 3.63) is 54.1 Å². The molecule has 114 valence electrons. The number of carbonyl (C=O) groups is 1. The Morgan fingerprint density at radius 3 is 2.09 bits per heavy atom. The molecule has 1 saturated carbocycles. The van der Waals surface area contributed by atoms with Crippen LogP contribution in [-0.4, -0.2) is 22.0 Å². The van der Waals surface area contributed by atoms with Crippen LogP contribution in [0.5, 0.6) is 5.75 Å². The summed E-state index contributed by atoms with van der Waals surface area (Å²) in [6.45, 7) is 0.242. The Hall–Kier alpha value is -1.71. The Balaban J connectivity index is 1.63. The normalized spacial score (nSPS) is 18.7. The third-order valence-electron chi connectivity index (χ3n) is 3.69. The Morgan fingerprint density at radius 1 is 1.09 bits per heavy atom. The van der Waals surface area contributed by atoms with Crippen LogP contribution in [0.3, 0.4) is 0 Å². The summed E-state index contributed by atoms with van der Waals surface area (Å²) < 4.78 is 4.47.